The average Bonchev–Trinajstić information content (AvgIpc) is 3.30. The smallest absolute Gasteiger partial charge is 0.337 e. The third-order valence-electron chi connectivity index (χ3n) is 6.12. The minimum absolute atomic E-state index is 0.0370. The van der Waals surface area contributed by atoms with E-state index in [-0.39, 0.29) is 40.2 Å². The molecule has 3 aromatic rings. The molecule has 2 aliphatic rings. The van der Waals surface area contributed by atoms with Crippen LogP contribution in [0.2, 0.25) is 5.02 Å². The molecule has 1 aromatic heterocycles. The Labute approximate surface area is 193 Å². The van der Waals surface area contributed by atoms with Crippen molar-refractivity contribution < 1.29 is 27.2 Å². The average molecular weight is 488 g/mol. The number of esters is 1. The van der Waals surface area contributed by atoms with Gasteiger partial charge in [0.05, 0.1) is 41.2 Å². The second-order valence-corrected chi connectivity index (χ2v) is 10.8. The van der Waals surface area contributed by atoms with Crippen LogP contribution in [0.25, 0.3) is 11.0 Å². The molecule has 33 heavy (non-hydrogen) atoms. The zero-order valence-corrected chi connectivity index (χ0v) is 19.0. The van der Waals surface area contributed by atoms with Crippen LogP contribution < -0.4 is 5.43 Å². The number of carbonyl (C=O) groups excluding carboxylic acids is 2. The van der Waals surface area contributed by atoms with Gasteiger partial charge in [-0.1, -0.05) is 23.7 Å². The first kappa shape index (κ1) is 21.7. The number of rotatable bonds is 3. The van der Waals surface area contributed by atoms with Gasteiger partial charge in [0.25, 0.3) is 5.91 Å². The molecule has 10 heteroatoms. The summed E-state index contributed by atoms with van der Waals surface area (Å²) >= 11 is 6.08. The van der Waals surface area contributed by atoms with Gasteiger partial charge in [-0.15, -0.1) is 0 Å². The Bertz CT molecular complexity index is 1480. The highest BCUT2D eigenvalue weighted by Gasteiger charge is 2.48. The third-order valence-corrected chi connectivity index (χ3v) is 8.10. The quantitative estimate of drug-likeness (QED) is 0.522. The molecule has 170 valence electrons. The molecule has 1 amide bonds. The Hall–Kier alpha value is -3.17. The fraction of sp³-hybridized carbons (Fsp3) is 0.261. The summed E-state index contributed by atoms with van der Waals surface area (Å²) in [7, 11) is -2.04. The second-order valence-electron chi connectivity index (χ2n) is 8.10. The minimum atomic E-state index is -3.31. The summed E-state index contributed by atoms with van der Waals surface area (Å²) in [4.78, 5) is 40.2. The lowest BCUT2D eigenvalue weighted by Crippen LogP contribution is -2.40. The normalized spacial score (nSPS) is 21.4. The van der Waals surface area contributed by atoms with Crippen LogP contribution in [0.5, 0.6) is 0 Å². The molecule has 1 saturated heterocycles. The summed E-state index contributed by atoms with van der Waals surface area (Å²) in [6.45, 7) is 0. The maximum absolute atomic E-state index is 13.5. The van der Waals surface area contributed by atoms with E-state index in [1.54, 1.807) is 18.2 Å². The van der Waals surface area contributed by atoms with E-state index >= 15 is 0 Å². The Balaban J connectivity index is 1.72. The molecule has 0 spiro atoms. The number of hydrogen-bond acceptors (Lipinski definition) is 7. The molecule has 2 aliphatic heterocycles. The molecule has 0 radical (unpaired) electrons. The zero-order chi connectivity index (χ0) is 23.5. The van der Waals surface area contributed by atoms with Gasteiger partial charge >= 0.3 is 5.97 Å². The highest BCUT2D eigenvalue weighted by Crippen LogP contribution is 2.41. The molecule has 2 unspecified atom stereocenters. The number of hydrogen-bond donors (Lipinski definition) is 0. The molecule has 0 aliphatic carbocycles. The van der Waals surface area contributed by atoms with Gasteiger partial charge in [0.2, 0.25) is 5.76 Å². The van der Waals surface area contributed by atoms with E-state index in [0.717, 1.165) is 0 Å². The molecule has 0 bridgehead atoms. The number of fused-ring (bicyclic) bond motifs is 2. The van der Waals surface area contributed by atoms with E-state index in [9.17, 15) is 22.8 Å². The van der Waals surface area contributed by atoms with Crippen LogP contribution in [0.1, 0.15) is 44.5 Å². The number of ether oxygens (including phenoxy) is 1. The first-order valence-corrected chi connectivity index (χ1v) is 12.4. The fourth-order valence-electron chi connectivity index (χ4n) is 4.58. The van der Waals surface area contributed by atoms with Crippen LogP contribution in [-0.2, 0) is 14.6 Å². The Kier molecular flexibility index (Phi) is 5.06. The standard InChI is InChI=1S/C23H18ClNO7S/c1-31-23(28)13-4-2-12(3-5-13)19-18-20(26)16-10-14(24)6-7-17(16)32-21(18)22(27)25(19)15-8-9-33(29,30)11-15/h2-7,10,15,19H,8-9,11H2,1H3. The van der Waals surface area contributed by atoms with Crippen molar-refractivity contribution in [3.63, 3.8) is 0 Å². The van der Waals surface area contributed by atoms with Crippen LogP contribution >= 0.6 is 11.6 Å². The number of carbonyl (C=O) groups is 2. The highest BCUT2D eigenvalue weighted by molar-refractivity contribution is 7.91. The lowest BCUT2D eigenvalue weighted by Gasteiger charge is -2.30. The summed E-state index contributed by atoms with van der Waals surface area (Å²) in [5.41, 5.74) is 0.792. The van der Waals surface area contributed by atoms with Crippen molar-refractivity contribution in [2.24, 2.45) is 0 Å². The first-order valence-electron chi connectivity index (χ1n) is 10.2. The van der Waals surface area contributed by atoms with Gasteiger partial charge in [0.15, 0.2) is 15.3 Å². The van der Waals surface area contributed by atoms with Crippen molar-refractivity contribution in [1.82, 2.24) is 4.90 Å². The Morgan fingerprint density at radius 1 is 1.15 bits per heavy atom. The van der Waals surface area contributed by atoms with Gasteiger partial charge in [0.1, 0.15) is 5.58 Å². The van der Waals surface area contributed by atoms with Crippen LogP contribution in [0, 0.1) is 0 Å². The summed E-state index contributed by atoms with van der Waals surface area (Å²) in [5.74, 6) is -1.40. The van der Waals surface area contributed by atoms with E-state index in [1.165, 1.54) is 36.3 Å². The Morgan fingerprint density at radius 3 is 2.52 bits per heavy atom. The van der Waals surface area contributed by atoms with Crippen molar-refractivity contribution in [3.05, 3.63) is 80.2 Å². The number of benzene rings is 2. The number of nitrogens with zero attached hydrogens (tertiary/aromatic N) is 1. The summed E-state index contributed by atoms with van der Waals surface area (Å²) in [5, 5.41) is 0.572. The van der Waals surface area contributed by atoms with Crippen LogP contribution in [-0.4, -0.2) is 49.9 Å². The van der Waals surface area contributed by atoms with E-state index in [4.69, 9.17) is 20.8 Å². The van der Waals surface area contributed by atoms with Crippen molar-refractivity contribution in [1.29, 1.82) is 0 Å². The van der Waals surface area contributed by atoms with Gasteiger partial charge in [-0.2, -0.15) is 0 Å². The lowest BCUT2D eigenvalue weighted by atomic mass is 9.96. The SMILES string of the molecule is COC(=O)c1ccc(C2c3c(oc4ccc(Cl)cc4c3=O)C(=O)N2C2CCS(=O)(=O)C2)cc1. The van der Waals surface area contributed by atoms with E-state index in [1.807, 2.05) is 0 Å². The van der Waals surface area contributed by atoms with Crippen molar-refractivity contribution in [2.75, 3.05) is 18.6 Å². The fourth-order valence-corrected chi connectivity index (χ4v) is 6.46. The Morgan fingerprint density at radius 2 is 1.88 bits per heavy atom. The molecule has 2 atom stereocenters. The molecule has 1 fully saturated rings. The highest BCUT2D eigenvalue weighted by atomic mass is 35.5. The van der Waals surface area contributed by atoms with Gasteiger partial charge in [-0.3, -0.25) is 9.59 Å². The molecule has 0 N–H and O–H groups in total. The van der Waals surface area contributed by atoms with Crippen LogP contribution in [0.3, 0.4) is 0 Å². The van der Waals surface area contributed by atoms with Crippen LogP contribution in [0.15, 0.2) is 51.7 Å². The van der Waals surface area contributed by atoms with Crippen molar-refractivity contribution in [3.8, 4) is 0 Å². The van der Waals surface area contributed by atoms with Crippen LogP contribution in [0.4, 0.5) is 0 Å². The monoisotopic (exact) mass is 487 g/mol. The molecule has 5 rings (SSSR count). The predicted molar refractivity (Wildman–Crippen MR) is 120 cm³/mol. The zero-order valence-electron chi connectivity index (χ0n) is 17.4. The molecular weight excluding hydrogens is 470 g/mol. The van der Waals surface area contributed by atoms with Gasteiger partial charge in [-0.05, 0) is 42.3 Å². The number of amides is 1. The largest absolute Gasteiger partial charge is 0.465 e. The molecular formula is C23H18ClNO7S. The van der Waals surface area contributed by atoms with Gasteiger partial charge in [-0.25, -0.2) is 13.2 Å². The molecule has 8 nitrogen and oxygen atoms in total. The number of methoxy groups -OCH3 is 1. The predicted octanol–water partition coefficient (Wildman–Crippen LogP) is 2.97. The third kappa shape index (κ3) is 3.52. The summed E-state index contributed by atoms with van der Waals surface area (Å²) in [6, 6.07) is 9.40. The molecule has 2 aromatic carbocycles. The number of sulfone groups is 1. The topological polar surface area (TPSA) is 111 Å². The number of halogens is 1. The lowest BCUT2D eigenvalue weighted by molar-refractivity contribution is 0.0598. The second kappa shape index (κ2) is 7.71. The molecule has 3 heterocycles. The van der Waals surface area contributed by atoms with Crippen molar-refractivity contribution in [2.45, 2.75) is 18.5 Å². The van der Waals surface area contributed by atoms with E-state index in [0.29, 0.717) is 16.1 Å². The van der Waals surface area contributed by atoms with Crippen molar-refractivity contribution >= 4 is 44.3 Å². The summed E-state index contributed by atoms with van der Waals surface area (Å²) in [6.07, 6.45) is 0.262. The van der Waals surface area contributed by atoms with Gasteiger partial charge < -0.3 is 14.1 Å². The van der Waals surface area contributed by atoms with E-state index < -0.39 is 39.2 Å². The molecule has 0 saturated carbocycles. The first-order chi connectivity index (χ1) is 15.7. The maximum atomic E-state index is 13.5. The summed E-state index contributed by atoms with van der Waals surface area (Å²) < 4.78 is 34.9. The van der Waals surface area contributed by atoms with Gasteiger partial charge in [0, 0.05) is 11.1 Å². The maximum Gasteiger partial charge on any atom is 0.337 e. The minimum Gasteiger partial charge on any atom is -0.465 e. The van der Waals surface area contributed by atoms with E-state index in [2.05, 4.69) is 0 Å².